The largest absolute Gasteiger partial charge is 0.472 e. The molecule has 2 unspecified atom stereocenters. The fraction of sp³-hybridized carbons (Fsp3) is 0.897. The molecule has 0 aliphatic rings. The third-order valence-corrected chi connectivity index (χ3v) is 19.5. The zero-order valence-corrected chi connectivity index (χ0v) is 64.7. The molecular weight excluding hydrogens is 1270 g/mol. The maximum Gasteiger partial charge on any atom is 0.472 e. The van der Waals surface area contributed by atoms with Crippen molar-refractivity contribution in [2.45, 2.75) is 400 Å². The third-order valence-electron chi connectivity index (χ3n) is 17.6. The van der Waals surface area contributed by atoms with Gasteiger partial charge in [0.25, 0.3) is 0 Å². The number of unbranched alkanes of at least 4 members (excludes halogenated alkanes) is 42. The summed E-state index contributed by atoms with van der Waals surface area (Å²) < 4.78 is 68.6. The molecule has 0 bridgehead atoms. The van der Waals surface area contributed by atoms with Crippen LogP contribution in [0.4, 0.5) is 0 Å². The molecule has 0 aromatic rings. The Balaban J connectivity index is 5.29. The lowest BCUT2D eigenvalue weighted by Gasteiger charge is -2.21. The first-order valence-corrected chi connectivity index (χ1v) is 42.8. The summed E-state index contributed by atoms with van der Waals surface area (Å²) in [5, 5.41) is 10.6. The summed E-state index contributed by atoms with van der Waals surface area (Å²) in [6, 6.07) is 0. The van der Waals surface area contributed by atoms with Crippen molar-refractivity contribution in [3.63, 3.8) is 0 Å². The zero-order chi connectivity index (χ0) is 71.4. The van der Waals surface area contributed by atoms with Gasteiger partial charge in [-0.05, 0) is 63.2 Å². The maximum absolute atomic E-state index is 13.1. The number of allylic oxidation sites excluding steroid dienone is 4. The average Bonchev–Trinajstić information content (AvgIpc) is 1.59. The summed E-state index contributed by atoms with van der Waals surface area (Å²) in [7, 11) is -9.93. The molecule has 17 nitrogen and oxygen atoms in total. The van der Waals surface area contributed by atoms with Crippen LogP contribution in [0, 0.1) is 11.8 Å². The number of phosphoric ester groups is 2. The van der Waals surface area contributed by atoms with E-state index in [-0.39, 0.29) is 25.7 Å². The van der Waals surface area contributed by atoms with Gasteiger partial charge in [0.05, 0.1) is 26.4 Å². The molecule has 3 N–H and O–H groups in total. The first kappa shape index (κ1) is 94.5. The Morgan fingerprint density at radius 2 is 0.557 bits per heavy atom. The lowest BCUT2D eigenvalue weighted by molar-refractivity contribution is -0.161. The van der Waals surface area contributed by atoms with Gasteiger partial charge in [0, 0.05) is 25.7 Å². The minimum Gasteiger partial charge on any atom is -0.462 e. The second-order valence-electron chi connectivity index (χ2n) is 28.4. The molecular formula is C78H148O17P2. The SMILES string of the molecule is CCCCCC/C=C\C=C/CCCCCCCC(=O)OC[C@H](COP(=O)(O)OC[C@@H](O)COP(=O)(O)OC[C@@H](COC(=O)CCCCCCCCCCC(C)C)OC(=O)CCCCCCCCCCCCCCCC)OC(=O)CCCCCCCCCCCCCCCCC(C)C. The fourth-order valence-corrected chi connectivity index (χ4v) is 13.0. The van der Waals surface area contributed by atoms with Gasteiger partial charge < -0.3 is 33.8 Å². The molecule has 0 saturated carbocycles. The number of hydrogen-bond donors (Lipinski definition) is 3. The van der Waals surface area contributed by atoms with Crippen LogP contribution in [0.1, 0.15) is 382 Å². The number of rotatable bonds is 75. The number of carbonyl (C=O) groups is 4. The molecule has 572 valence electrons. The van der Waals surface area contributed by atoms with Crippen LogP contribution in [0.15, 0.2) is 24.3 Å². The van der Waals surface area contributed by atoms with Crippen LogP contribution in [-0.2, 0) is 65.4 Å². The quantitative estimate of drug-likeness (QED) is 0.0169. The topological polar surface area (TPSA) is 237 Å². The number of ether oxygens (including phenoxy) is 4. The van der Waals surface area contributed by atoms with Crippen LogP contribution in [0.5, 0.6) is 0 Å². The molecule has 0 radical (unpaired) electrons. The van der Waals surface area contributed by atoms with Gasteiger partial charge >= 0.3 is 39.5 Å². The van der Waals surface area contributed by atoms with E-state index >= 15 is 0 Å². The zero-order valence-electron chi connectivity index (χ0n) is 62.9. The number of esters is 4. The Morgan fingerprint density at radius 3 is 0.845 bits per heavy atom. The normalized spacial score (nSPS) is 14.1. The number of hydrogen-bond acceptors (Lipinski definition) is 15. The molecule has 0 aliphatic carbocycles. The van der Waals surface area contributed by atoms with Gasteiger partial charge in [0.1, 0.15) is 19.3 Å². The van der Waals surface area contributed by atoms with Crippen LogP contribution in [0.3, 0.4) is 0 Å². The highest BCUT2D eigenvalue weighted by atomic mass is 31.2. The number of aliphatic hydroxyl groups is 1. The highest BCUT2D eigenvalue weighted by molar-refractivity contribution is 7.47. The van der Waals surface area contributed by atoms with Gasteiger partial charge in [0.2, 0.25) is 0 Å². The van der Waals surface area contributed by atoms with Crippen molar-refractivity contribution in [2.75, 3.05) is 39.6 Å². The highest BCUT2D eigenvalue weighted by Crippen LogP contribution is 2.45. The van der Waals surface area contributed by atoms with Crippen molar-refractivity contribution in [1.29, 1.82) is 0 Å². The molecule has 97 heavy (non-hydrogen) atoms. The maximum atomic E-state index is 13.1. The summed E-state index contributed by atoms with van der Waals surface area (Å²) in [6.07, 6.45) is 60.4. The minimum absolute atomic E-state index is 0.101. The standard InChI is InChI=1S/C78H148O17P2/c1-7-9-11-13-15-17-19-21-23-28-31-35-42-48-54-60-75(80)88-66-73(94-78(83)63-57-51-45-37-33-29-25-24-26-30-34-40-46-52-58-70(3)4)68-92-96(84,85)90-64-72(79)65-91-97(86,87)93-69-74(67-89-76(81)61-55-49-43-39-38-41-47-53-59-71(5)6)95-77(82)62-56-50-44-36-32-27-22-20-18-16-14-12-10-8-2/h17,19,21,23,70-74,79H,7-16,18,20,22,24-69H2,1-6H3,(H,84,85)(H,86,87)/b19-17-,23-21-/t72-,73-,74-/m1/s1. The van der Waals surface area contributed by atoms with Gasteiger partial charge in [-0.2, -0.15) is 0 Å². The number of phosphoric acid groups is 2. The van der Waals surface area contributed by atoms with Gasteiger partial charge in [-0.15, -0.1) is 0 Å². The van der Waals surface area contributed by atoms with Crippen LogP contribution in [0.25, 0.3) is 0 Å². The van der Waals surface area contributed by atoms with Crippen molar-refractivity contribution in [2.24, 2.45) is 11.8 Å². The Labute approximate surface area is 592 Å². The molecule has 5 atom stereocenters. The van der Waals surface area contributed by atoms with Gasteiger partial charge in [-0.3, -0.25) is 37.3 Å². The van der Waals surface area contributed by atoms with Crippen LogP contribution >= 0.6 is 15.6 Å². The molecule has 0 spiro atoms. The molecule has 0 saturated heterocycles. The van der Waals surface area contributed by atoms with Gasteiger partial charge in [0.15, 0.2) is 12.2 Å². The first-order valence-electron chi connectivity index (χ1n) is 39.8. The lowest BCUT2D eigenvalue weighted by atomic mass is 10.0. The molecule has 0 aromatic carbocycles. The molecule has 19 heteroatoms. The lowest BCUT2D eigenvalue weighted by Crippen LogP contribution is -2.30. The average molecular weight is 1420 g/mol. The Morgan fingerprint density at radius 1 is 0.320 bits per heavy atom. The van der Waals surface area contributed by atoms with Crippen molar-refractivity contribution >= 4 is 39.5 Å². The van der Waals surface area contributed by atoms with E-state index in [2.05, 4.69) is 65.8 Å². The molecule has 0 aromatic heterocycles. The second kappa shape index (κ2) is 69.3. The fourth-order valence-electron chi connectivity index (χ4n) is 11.5. The third kappa shape index (κ3) is 71.7. The summed E-state index contributed by atoms with van der Waals surface area (Å²) in [6.45, 7) is 9.53. The number of aliphatic hydroxyl groups excluding tert-OH is 1. The minimum atomic E-state index is -4.97. The molecule has 0 aliphatic heterocycles. The van der Waals surface area contributed by atoms with E-state index in [1.165, 1.54) is 180 Å². The van der Waals surface area contributed by atoms with Crippen molar-refractivity contribution in [3.05, 3.63) is 24.3 Å². The van der Waals surface area contributed by atoms with Crippen molar-refractivity contribution < 1.29 is 80.2 Å². The first-order chi connectivity index (χ1) is 46.9. The summed E-state index contributed by atoms with van der Waals surface area (Å²) in [5.74, 6) is -0.625. The summed E-state index contributed by atoms with van der Waals surface area (Å²) in [4.78, 5) is 72.9. The monoisotopic (exact) mass is 1420 g/mol. The highest BCUT2D eigenvalue weighted by Gasteiger charge is 2.30. The Kier molecular flexibility index (Phi) is 67.5. The van der Waals surface area contributed by atoms with E-state index in [1.54, 1.807) is 0 Å². The summed E-state index contributed by atoms with van der Waals surface area (Å²) in [5.41, 5.74) is 0. The smallest absolute Gasteiger partial charge is 0.462 e. The van der Waals surface area contributed by atoms with Gasteiger partial charge in [-0.1, -0.05) is 329 Å². The van der Waals surface area contributed by atoms with E-state index in [0.29, 0.717) is 25.7 Å². The molecule has 0 rings (SSSR count). The Hall–Kier alpha value is -2.46. The van der Waals surface area contributed by atoms with E-state index in [1.807, 2.05) is 0 Å². The predicted molar refractivity (Wildman–Crippen MR) is 395 cm³/mol. The molecule has 0 amide bonds. The van der Waals surface area contributed by atoms with E-state index in [9.17, 15) is 43.2 Å². The second-order valence-corrected chi connectivity index (χ2v) is 31.3. The predicted octanol–water partition coefficient (Wildman–Crippen LogP) is 22.7. The van der Waals surface area contributed by atoms with Crippen LogP contribution < -0.4 is 0 Å². The number of carbonyl (C=O) groups excluding carboxylic acids is 4. The van der Waals surface area contributed by atoms with Gasteiger partial charge in [-0.25, -0.2) is 9.13 Å². The van der Waals surface area contributed by atoms with Crippen molar-refractivity contribution in [1.82, 2.24) is 0 Å². The Bertz CT molecular complexity index is 1970. The van der Waals surface area contributed by atoms with E-state index < -0.39 is 97.5 Å². The summed E-state index contributed by atoms with van der Waals surface area (Å²) >= 11 is 0. The van der Waals surface area contributed by atoms with Crippen molar-refractivity contribution in [3.8, 4) is 0 Å². The van der Waals surface area contributed by atoms with E-state index in [4.69, 9.17) is 37.0 Å². The van der Waals surface area contributed by atoms with Crippen LogP contribution in [0.2, 0.25) is 0 Å². The van der Waals surface area contributed by atoms with Crippen LogP contribution in [-0.4, -0.2) is 96.7 Å². The molecule has 0 heterocycles. The molecule has 0 fully saturated rings. The van der Waals surface area contributed by atoms with E-state index in [0.717, 1.165) is 121 Å².